The smallest absolute Gasteiger partial charge is 0.408 e. The molecule has 0 bridgehead atoms. The van der Waals surface area contributed by atoms with E-state index in [-0.39, 0.29) is 12.5 Å². The van der Waals surface area contributed by atoms with E-state index in [1.807, 2.05) is 6.07 Å². The molecule has 3 rings (SSSR count). The lowest BCUT2D eigenvalue weighted by atomic mass is 9.96. The number of hydrogen-bond donors (Lipinski definition) is 3. The number of carbonyl (C=O) groups excluding carboxylic acids is 2. The van der Waals surface area contributed by atoms with Crippen LogP contribution in [0.4, 0.5) is 22.1 Å². The van der Waals surface area contributed by atoms with Gasteiger partial charge < -0.3 is 25.4 Å². The summed E-state index contributed by atoms with van der Waals surface area (Å²) in [5.41, 5.74) is -0.442. The number of terminal acetylenes is 1. The van der Waals surface area contributed by atoms with Crippen LogP contribution in [0, 0.1) is 12.3 Å². The fourth-order valence-corrected chi connectivity index (χ4v) is 3.87. The summed E-state index contributed by atoms with van der Waals surface area (Å²) < 4.78 is 11.3. The molecule has 1 aromatic heterocycles. The first-order chi connectivity index (χ1) is 16.1. The maximum absolute atomic E-state index is 13.2. The topological polar surface area (TPSA) is 114 Å². The number of halogens is 1. The van der Waals surface area contributed by atoms with Gasteiger partial charge in [0.15, 0.2) is 6.61 Å². The molecule has 10 heteroatoms. The zero-order valence-corrected chi connectivity index (χ0v) is 21.0. The third-order valence-corrected chi connectivity index (χ3v) is 5.56. The summed E-state index contributed by atoms with van der Waals surface area (Å²) in [6, 6.07) is 7.12. The number of aromatic nitrogens is 2. The average molecular weight is 530 g/mol. The number of nitrogens with one attached hydrogen (secondary N) is 3. The van der Waals surface area contributed by atoms with Crippen LogP contribution in [0.2, 0.25) is 0 Å². The van der Waals surface area contributed by atoms with Crippen molar-refractivity contribution in [2.45, 2.75) is 57.6 Å². The summed E-state index contributed by atoms with van der Waals surface area (Å²) in [6.07, 6.45) is 8.97. The summed E-state index contributed by atoms with van der Waals surface area (Å²) in [5, 5.41) is 8.82. The Bertz CT molecular complexity index is 1090. The molecule has 1 aliphatic carbocycles. The molecule has 0 radical (unpaired) electrons. The van der Waals surface area contributed by atoms with E-state index in [2.05, 4.69) is 47.8 Å². The standard InChI is InChI=1S/C24H28BrN5O4/c1-5-13-33-19-18(25)15-26-21(29-19)28-17-10-8-9-16(14-17)27-20(31)24(11-6-7-12-24)30-22(32)34-23(2,3)4/h1,8-10,14-15H,6-7,11-13H2,2-4H3,(H,27,31)(H,30,32)(H,26,28,29). The lowest BCUT2D eigenvalue weighted by Gasteiger charge is -2.30. The van der Waals surface area contributed by atoms with Crippen LogP contribution < -0.4 is 20.7 Å². The van der Waals surface area contributed by atoms with Crippen molar-refractivity contribution in [3.63, 3.8) is 0 Å². The summed E-state index contributed by atoms with van der Waals surface area (Å²) in [7, 11) is 0. The van der Waals surface area contributed by atoms with Gasteiger partial charge in [-0.2, -0.15) is 4.98 Å². The molecule has 1 aromatic carbocycles. The predicted molar refractivity (Wildman–Crippen MR) is 133 cm³/mol. The lowest BCUT2D eigenvalue weighted by Crippen LogP contribution is -2.55. The number of benzene rings is 1. The summed E-state index contributed by atoms with van der Waals surface area (Å²) in [4.78, 5) is 34.1. The Balaban J connectivity index is 1.71. The molecule has 0 atom stereocenters. The molecule has 0 spiro atoms. The molecule has 9 nitrogen and oxygen atoms in total. The van der Waals surface area contributed by atoms with Gasteiger partial charge in [0, 0.05) is 11.4 Å². The number of ether oxygens (including phenoxy) is 2. The van der Waals surface area contributed by atoms with Gasteiger partial charge in [0.1, 0.15) is 11.1 Å². The van der Waals surface area contributed by atoms with Gasteiger partial charge in [0.05, 0.1) is 10.7 Å². The summed E-state index contributed by atoms with van der Waals surface area (Å²) in [5.74, 6) is 2.73. The highest BCUT2D eigenvalue weighted by atomic mass is 79.9. The maximum atomic E-state index is 13.2. The van der Waals surface area contributed by atoms with Crippen molar-refractivity contribution in [3.05, 3.63) is 34.9 Å². The summed E-state index contributed by atoms with van der Waals surface area (Å²) >= 11 is 3.32. The minimum Gasteiger partial charge on any atom is -0.464 e. The van der Waals surface area contributed by atoms with Crippen LogP contribution in [-0.2, 0) is 9.53 Å². The number of hydrogen-bond acceptors (Lipinski definition) is 7. The number of carbonyl (C=O) groups is 2. The fraction of sp³-hybridized carbons (Fsp3) is 0.417. The zero-order valence-electron chi connectivity index (χ0n) is 19.4. The van der Waals surface area contributed by atoms with E-state index >= 15 is 0 Å². The van der Waals surface area contributed by atoms with E-state index in [0.717, 1.165) is 12.8 Å². The molecule has 0 unspecified atom stereocenters. The van der Waals surface area contributed by atoms with Crippen molar-refractivity contribution in [1.29, 1.82) is 0 Å². The van der Waals surface area contributed by atoms with Crippen molar-refractivity contribution in [2.75, 3.05) is 17.2 Å². The van der Waals surface area contributed by atoms with E-state index in [1.165, 1.54) is 0 Å². The largest absolute Gasteiger partial charge is 0.464 e. The van der Waals surface area contributed by atoms with Gasteiger partial charge in [-0.05, 0) is 67.7 Å². The second kappa shape index (κ2) is 10.7. The van der Waals surface area contributed by atoms with Crippen LogP contribution in [0.25, 0.3) is 0 Å². The van der Waals surface area contributed by atoms with Gasteiger partial charge in [-0.3, -0.25) is 4.79 Å². The highest BCUT2D eigenvalue weighted by molar-refractivity contribution is 9.10. The number of nitrogens with zero attached hydrogens (tertiary/aromatic N) is 2. The van der Waals surface area contributed by atoms with Crippen molar-refractivity contribution in [2.24, 2.45) is 0 Å². The fourth-order valence-electron chi connectivity index (χ4n) is 3.56. The second-order valence-electron chi connectivity index (χ2n) is 8.92. The SMILES string of the molecule is C#CCOc1nc(Nc2cccc(NC(=O)C3(NC(=O)OC(C)(C)C)CCCC3)c2)ncc1Br. The van der Waals surface area contributed by atoms with Gasteiger partial charge in [-0.15, -0.1) is 6.42 Å². The predicted octanol–water partition coefficient (Wildman–Crippen LogP) is 4.77. The molecule has 1 heterocycles. The highest BCUT2D eigenvalue weighted by Gasteiger charge is 2.43. The molecule has 1 saturated carbocycles. The van der Waals surface area contributed by atoms with Crippen LogP contribution in [0.3, 0.4) is 0 Å². The zero-order chi connectivity index (χ0) is 24.8. The van der Waals surface area contributed by atoms with E-state index < -0.39 is 17.2 Å². The molecular formula is C24H28BrN5O4. The van der Waals surface area contributed by atoms with Crippen LogP contribution in [0.1, 0.15) is 46.5 Å². The van der Waals surface area contributed by atoms with Crippen molar-refractivity contribution < 1.29 is 19.1 Å². The quantitative estimate of drug-likeness (QED) is 0.442. The number of alkyl carbamates (subject to hydrolysis) is 1. The second-order valence-corrected chi connectivity index (χ2v) is 9.77. The molecule has 2 amide bonds. The van der Waals surface area contributed by atoms with Gasteiger partial charge in [0.25, 0.3) is 0 Å². The molecule has 0 aliphatic heterocycles. The van der Waals surface area contributed by atoms with Gasteiger partial charge in [-0.1, -0.05) is 24.8 Å². The number of anilines is 3. The average Bonchev–Trinajstić information content (AvgIpc) is 3.22. The molecule has 0 saturated heterocycles. The minimum absolute atomic E-state index is 0.0790. The lowest BCUT2D eigenvalue weighted by molar-refractivity contribution is -0.122. The summed E-state index contributed by atoms with van der Waals surface area (Å²) in [6.45, 7) is 5.43. The van der Waals surface area contributed by atoms with Gasteiger partial charge in [0.2, 0.25) is 17.7 Å². The van der Waals surface area contributed by atoms with E-state index in [0.29, 0.717) is 40.5 Å². The Labute approximate surface area is 207 Å². The first-order valence-electron chi connectivity index (χ1n) is 10.9. The van der Waals surface area contributed by atoms with E-state index in [1.54, 1.807) is 45.2 Å². The van der Waals surface area contributed by atoms with Crippen LogP contribution >= 0.6 is 15.9 Å². The van der Waals surface area contributed by atoms with Crippen molar-refractivity contribution >= 4 is 45.3 Å². The molecule has 180 valence electrons. The number of amides is 2. The Hall–Kier alpha value is -3.32. The maximum Gasteiger partial charge on any atom is 0.408 e. The normalized spacial score (nSPS) is 14.6. The van der Waals surface area contributed by atoms with Crippen LogP contribution in [-0.4, -0.2) is 39.7 Å². The Morgan fingerprint density at radius 3 is 2.62 bits per heavy atom. The van der Waals surface area contributed by atoms with E-state index in [4.69, 9.17) is 15.9 Å². The third-order valence-electron chi connectivity index (χ3n) is 5.01. The first kappa shape index (κ1) is 25.3. The molecule has 1 aliphatic rings. The molecular weight excluding hydrogens is 502 g/mol. The molecule has 3 N–H and O–H groups in total. The molecule has 34 heavy (non-hydrogen) atoms. The molecule has 2 aromatic rings. The third kappa shape index (κ3) is 6.84. The van der Waals surface area contributed by atoms with Crippen LogP contribution in [0.15, 0.2) is 34.9 Å². The van der Waals surface area contributed by atoms with Crippen molar-refractivity contribution in [1.82, 2.24) is 15.3 Å². The highest BCUT2D eigenvalue weighted by Crippen LogP contribution is 2.32. The number of rotatable bonds is 7. The minimum atomic E-state index is -1.01. The van der Waals surface area contributed by atoms with Crippen molar-refractivity contribution in [3.8, 4) is 18.2 Å². The Kier molecular flexibility index (Phi) is 7.99. The van der Waals surface area contributed by atoms with E-state index in [9.17, 15) is 9.59 Å². The van der Waals surface area contributed by atoms with Gasteiger partial charge >= 0.3 is 6.09 Å². The van der Waals surface area contributed by atoms with Gasteiger partial charge in [-0.25, -0.2) is 9.78 Å². The monoisotopic (exact) mass is 529 g/mol. The molecule has 1 fully saturated rings. The Morgan fingerprint density at radius 1 is 1.24 bits per heavy atom. The van der Waals surface area contributed by atoms with Crippen LogP contribution in [0.5, 0.6) is 5.88 Å². The Morgan fingerprint density at radius 2 is 1.94 bits per heavy atom. The first-order valence-corrected chi connectivity index (χ1v) is 11.7.